The minimum Gasteiger partial charge on any atom is -0.507 e. The Balaban J connectivity index is 0.000000183. The van der Waals surface area contributed by atoms with Gasteiger partial charge in [-0.05, 0) is 105 Å². The fraction of sp³-hybridized carbons (Fsp3) is 0.136. The normalized spacial score (nSPS) is 15.9. The highest BCUT2D eigenvalue weighted by Gasteiger charge is 2.50. The molecule has 10 aromatic rings. The second-order valence-corrected chi connectivity index (χ2v) is 24.3. The smallest absolute Gasteiger partial charge is 0.301 e. The van der Waals surface area contributed by atoms with Gasteiger partial charge in [-0.1, -0.05) is 180 Å². The molecule has 0 saturated carbocycles. The van der Waals surface area contributed by atoms with Crippen LogP contribution in [0.3, 0.4) is 0 Å². The number of benzene rings is 8. The number of fused-ring (bicyclic) bond motifs is 2. The molecule has 2 aliphatic heterocycles. The highest BCUT2D eigenvalue weighted by molar-refractivity contribution is 8.00. The van der Waals surface area contributed by atoms with Gasteiger partial charge in [0.15, 0.2) is 8.68 Å². The van der Waals surface area contributed by atoms with Crippen molar-refractivity contribution in [2.75, 3.05) is 24.0 Å². The van der Waals surface area contributed by atoms with Crippen molar-refractivity contribution in [3.63, 3.8) is 0 Å². The number of carbonyl (C=O) groups is 5. The van der Waals surface area contributed by atoms with Gasteiger partial charge in [-0.15, -0.1) is 20.4 Å². The third kappa shape index (κ3) is 13.1. The Morgan fingerprint density at radius 1 is 0.523 bits per heavy atom. The number of aromatic nitrogens is 4. The van der Waals surface area contributed by atoms with E-state index in [9.17, 15) is 38.2 Å². The second kappa shape index (κ2) is 27.0. The first-order valence-electron chi connectivity index (χ1n) is 26.9. The lowest BCUT2D eigenvalue weighted by molar-refractivity contribution is -0.134. The molecule has 0 bridgehead atoms. The Bertz CT molecular complexity index is 4150. The number of ether oxygens (including phenoxy) is 2. The number of hydrogen-bond acceptors (Lipinski definition) is 17. The Kier molecular flexibility index (Phi) is 18.8. The number of aliphatic carboxylic acids is 1. The summed E-state index contributed by atoms with van der Waals surface area (Å²) in [6.45, 7) is 4.28. The summed E-state index contributed by atoms with van der Waals surface area (Å²) in [5.74, 6) is -4.12. The van der Waals surface area contributed by atoms with E-state index in [2.05, 4.69) is 68.9 Å². The first-order valence-corrected chi connectivity index (χ1v) is 30.5. The summed E-state index contributed by atoms with van der Waals surface area (Å²) in [5.41, 5.74) is 3.92. The SMILES string of the molecule is CC(=O)O.COc1cccc(C2C(=C(O)c3ccc(C)c(F)c3)C(=O)C(=O)N2c2nnc(SCc3cccc4ccccc34)s2)c1.COc1cccc(C2C(=C(O)c3ccc(C)c(F)c3)C(=O)C(=O)N2c2nnc(SCc3cccc4ccccc34)s2)c1. The highest BCUT2D eigenvalue weighted by Crippen LogP contribution is 2.47. The molecule has 4 heterocycles. The van der Waals surface area contributed by atoms with Crippen molar-refractivity contribution < 1.29 is 57.5 Å². The van der Waals surface area contributed by atoms with Gasteiger partial charge in [-0.25, -0.2) is 8.78 Å². The van der Waals surface area contributed by atoms with Crippen LogP contribution < -0.4 is 19.3 Å². The molecular formula is C66H52F2N6O10S4. The van der Waals surface area contributed by atoms with Gasteiger partial charge >= 0.3 is 11.8 Å². The number of Topliss-reactive ketones (excluding diaryl/α,β-unsaturated/α-hetero) is 2. The van der Waals surface area contributed by atoms with E-state index in [1.807, 2.05) is 36.4 Å². The van der Waals surface area contributed by atoms with Crippen molar-refractivity contribution >= 4 is 119 Å². The van der Waals surface area contributed by atoms with Crippen LogP contribution in [0.15, 0.2) is 190 Å². The van der Waals surface area contributed by atoms with Crippen LogP contribution in [0.2, 0.25) is 0 Å². The number of aliphatic hydroxyl groups excluding tert-OH is 2. The third-order valence-corrected chi connectivity index (χ3v) is 18.5. The number of nitrogens with zero attached hydrogens (tertiary/aromatic N) is 6. The molecule has 16 nitrogen and oxygen atoms in total. The maximum Gasteiger partial charge on any atom is 0.301 e. The quantitative estimate of drug-likeness (QED) is 0.0303. The molecule has 88 heavy (non-hydrogen) atoms. The molecule has 12 rings (SSSR count). The summed E-state index contributed by atoms with van der Waals surface area (Å²) in [6, 6.07) is 48.5. The molecule has 2 fully saturated rings. The fourth-order valence-electron chi connectivity index (χ4n) is 9.94. The second-order valence-electron chi connectivity index (χ2n) is 19.9. The first kappa shape index (κ1) is 61.5. The molecule has 22 heteroatoms. The number of aryl methyl sites for hydroxylation is 2. The van der Waals surface area contributed by atoms with Gasteiger partial charge in [-0.2, -0.15) is 0 Å². The maximum atomic E-state index is 14.4. The molecule has 0 aliphatic carbocycles. The van der Waals surface area contributed by atoms with Gasteiger partial charge in [-0.3, -0.25) is 33.8 Å². The zero-order valence-electron chi connectivity index (χ0n) is 47.5. The standard InChI is InChI=1S/2C32H24FN3O4S2.C2H4O2/c2*1-18-13-14-21(16-25(18)33)28(37)26-27(20-9-6-11-23(15-20)40-2)36(30(39)29(26)38)31-34-35-32(42-31)41-17-22-10-5-8-19-7-3-4-12-24(19)22;1-2(3)4/h2*3-16,27,37H,17H2,1-2H3;1H3,(H,3,4). The van der Waals surface area contributed by atoms with Crippen LogP contribution in [0, 0.1) is 25.5 Å². The summed E-state index contributed by atoms with van der Waals surface area (Å²) >= 11 is 5.32. The van der Waals surface area contributed by atoms with Gasteiger partial charge < -0.3 is 24.8 Å². The van der Waals surface area contributed by atoms with Gasteiger partial charge in [0.25, 0.3) is 17.5 Å². The van der Waals surface area contributed by atoms with Gasteiger partial charge in [0.1, 0.15) is 34.7 Å². The zero-order chi connectivity index (χ0) is 62.3. The molecule has 8 aromatic carbocycles. The molecule has 444 valence electrons. The number of halogens is 2. The van der Waals surface area contributed by atoms with Crippen molar-refractivity contribution in [2.24, 2.45) is 0 Å². The summed E-state index contributed by atoms with van der Waals surface area (Å²) in [7, 11) is 3.02. The maximum absolute atomic E-state index is 14.4. The van der Waals surface area contributed by atoms with Crippen molar-refractivity contribution in [3.05, 3.63) is 237 Å². The number of methoxy groups -OCH3 is 2. The van der Waals surface area contributed by atoms with E-state index in [-0.39, 0.29) is 32.5 Å². The molecule has 2 saturated heterocycles. The van der Waals surface area contributed by atoms with Crippen molar-refractivity contribution in [3.8, 4) is 11.5 Å². The van der Waals surface area contributed by atoms with Crippen molar-refractivity contribution in [1.82, 2.24) is 20.4 Å². The van der Waals surface area contributed by atoms with E-state index >= 15 is 0 Å². The van der Waals surface area contributed by atoms with Crippen LogP contribution >= 0.6 is 46.2 Å². The number of amides is 2. The number of carbonyl (C=O) groups excluding carboxylic acids is 4. The van der Waals surface area contributed by atoms with E-state index in [0.717, 1.165) is 51.7 Å². The average Bonchev–Trinajstić information content (AvgIpc) is 1.79. The predicted molar refractivity (Wildman–Crippen MR) is 338 cm³/mol. The van der Waals surface area contributed by atoms with E-state index in [1.165, 1.54) is 94.5 Å². The molecule has 2 unspecified atom stereocenters. The Morgan fingerprint density at radius 2 is 0.898 bits per heavy atom. The number of hydrogen-bond donors (Lipinski definition) is 3. The van der Waals surface area contributed by atoms with Crippen LogP contribution in [0.4, 0.5) is 19.0 Å². The average molecular weight is 1260 g/mol. The number of ketones is 2. The predicted octanol–water partition coefficient (Wildman–Crippen LogP) is 14.2. The minimum atomic E-state index is -1.03. The fourth-order valence-corrected chi connectivity index (χ4v) is 13.7. The van der Waals surface area contributed by atoms with E-state index < -0.39 is 64.6 Å². The number of aliphatic hydroxyl groups is 2. The topological polar surface area (TPSA) is 223 Å². The van der Waals surface area contributed by atoms with Crippen molar-refractivity contribution in [1.29, 1.82) is 0 Å². The first-order chi connectivity index (χ1) is 42.4. The minimum absolute atomic E-state index is 0.0904. The van der Waals surface area contributed by atoms with Crippen LogP contribution in [-0.2, 0) is 35.5 Å². The lowest BCUT2D eigenvalue weighted by atomic mass is 9.95. The van der Waals surface area contributed by atoms with Gasteiger partial charge in [0.05, 0.1) is 37.4 Å². The molecular weight excluding hydrogens is 1200 g/mol. The summed E-state index contributed by atoms with van der Waals surface area (Å²) in [6.07, 6.45) is 0. The Morgan fingerprint density at radius 3 is 1.28 bits per heavy atom. The Hall–Kier alpha value is -9.61. The molecule has 2 aliphatic rings. The van der Waals surface area contributed by atoms with Crippen LogP contribution in [0.25, 0.3) is 33.1 Å². The lowest BCUT2D eigenvalue weighted by Gasteiger charge is -2.23. The molecule has 2 aromatic heterocycles. The van der Waals surface area contributed by atoms with E-state index in [4.69, 9.17) is 19.4 Å². The van der Waals surface area contributed by atoms with Gasteiger partial charge in [0, 0.05) is 29.6 Å². The zero-order valence-corrected chi connectivity index (χ0v) is 50.8. The summed E-state index contributed by atoms with van der Waals surface area (Å²) in [4.78, 5) is 65.4. The molecule has 0 spiro atoms. The highest BCUT2D eigenvalue weighted by atomic mass is 32.2. The Labute approximate surface area is 519 Å². The molecule has 2 amide bonds. The lowest BCUT2D eigenvalue weighted by Crippen LogP contribution is -2.29. The molecule has 0 radical (unpaired) electrons. The van der Waals surface area contributed by atoms with Crippen LogP contribution in [-0.4, -0.2) is 79.3 Å². The monoisotopic (exact) mass is 1250 g/mol. The number of carboxylic acid groups (broad SMARTS) is 1. The van der Waals surface area contributed by atoms with Crippen LogP contribution in [0.5, 0.6) is 11.5 Å². The van der Waals surface area contributed by atoms with Gasteiger partial charge in [0.2, 0.25) is 10.3 Å². The van der Waals surface area contributed by atoms with Crippen molar-refractivity contribution in [2.45, 2.75) is 53.0 Å². The number of rotatable bonds is 14. The molecule has 3 N–H and O–H groups in total. The van der Waals surface area contributed by atoms with E-state index in [0.29, 0.717) is 53.9 Å². The van der Waals surface area contributed by atoms with Crippen LogP contribution in [0.1, 0.15) is 63.5 Å². The number of carboxylic acids is 1. The summed E-state index contributed by atoms with van der Waals surface area (Å²) in [5, 5.41) is 52.1. The summed E-state index contributed by atoms with van der Waals surface area (Å²) < 4.78 is 40.8. The number of anilines is 2. The molecule has 2 atom stereocenters. The third-order valence-electron chi connectivity index (χ3n) is 14.3. The van der Waals surface area contributed by atoms with E-state index in [1.54, 1.807) is 62.4 Å². The largest absolute Gasteiger partial charge is 0.507 e. The number of thioether (sulfide) groups is 2.